The largest absolute Gasteiger partial charge is 0.493 e. The number of fused-ring (bicyclic) bond motifs is 3. The number of nitrogens with one attached hydrogen (secondary N) is 1. The summed E-state index contributed by atoms with van der Waals surface area (Å²) in [5.74, 6) is 1.46. The number of hydrogen-bond acceptors (Lipinski definition) is 5. The van der Waals surface area contributed by atoms with Crippen molar-refractivity contribution < 1.29 is 19.1 Å². The van der Waals surface area contributed by atoms with Crippen molar-refractivity contribution in [3.63, 3.8) is 0 Å². The second kappa shape index (κ2) is 7.44. The Labute approximate surface area is 148 Å². The second-order valence-corrected chi connectivity index (χ2v) is 6.91. The van der Waals surface area contributed by atoms with Gasteiger partial charge in [0.05, 0.1) is 20.6 Å². The second-order valence-electron chi connectivity index (χ2n) is 6.91. The minimum Gasteiger partial charge on any atom is -0.493 e. The molecule has 0 aliphatic carbocycles. The number of hydrogen-bond donors (Lipinski definition) is 1. The molecule has 0 spiro atoms. The standard InChI is InChI=1S/C19H26N2O4/c1-12(22)15-10-18(25-3)17(24-2)8-14(15)9-19(23)20-16-11-21-6-4-13(16)5-7-21/h8,10,13,16H,4-7,9,11H2,1-3H3,(H,20,23)/t16-/m0/s1. The lowest BCUT2D eigenvalue weighted by molar-refractivity contribution is -0.122. The molecule has 1 atom stereocenters. The molecule has 3 heterocycles. The molecule has 2 bridgehead atoms. The van der Waals surface area contributed by atoms with Crippen molar-refractivity contribution in [1.82, 2.24) is 10.2 Å². The van der Waals surface area contributed by atoms with Gasteiger partial charge in [-0.3, -0.25) is 9.59 Å². The van der Waals surface area contributed by atoms with Gasteiger partial charge in [0.15, 0.2) is 17.3 Å². The van der Waals surface area contributed by atoms with Gasteiger partial charge in [-0.2, -0.15) is 0 Å². The Morgan fingerprint density at radius 2 is 1.80 bits per heavy atom. The minimum absolute atomic E-state index is 0.0477. The van der Waals surface area contributed by atoms with Crippen LogP contribution in [0.2, 0.25) is 0 Å². The Bertz CT molecular complexity index is 666. The van der Waals surface area contributed by atoms with Crippen molar-refractivity contribution >= 4 is 11.7 Å². The van der Waals surface area contributed by atoms with Crippen molar-refractivity contribution in [3.8, 4) is 11.5 Å². The molecule has 0 unspecified atom stereocenters. The molecule has 0 radical (unpaired) electrons. The number of ether oxygens (including phenoxy) is 2. The average molecular weight is 346 g/mol. The van der Waals surface area contributed by atoms with Crippen LogP contribution < -0.4 is 14.8 Å². The highest BCUT2D eigenvalue weighted by atomic mass is 16.5. The lowest BCUT2D eigenvalue weighted by atomic mass is 9.84. The zero-order chi connectivity index (χ0) is 18.0. The number of nitrogens with zero attached hydrogens (tertiary/aromatic N) is 1. The van der Waals surface area contributed by atoms with Crippen LogP contribution in [0.5, 0.6) is 11.5 Å². The maximum atomic E-state index is 12.6. The molecule has 4 rings (SSSR count). The molecular weight excluding hydrogens is 320 g/mol. The molecule has 136 valence electrons. The van der Waals surface area contributed by atoms with E-state index in [-0.39, 0.29) is 24.2 Å². The van der Waals surface area contributed by atoms with Gasteiger partial charge in [0.1, 0.15) is 0 Å². The smallest absolute Gasteiger partial charge is 0.224 e. The van der Waals surface area contributed by atoms with Crippen LogP contribution >= 0.6 is 0 Å². The predicted molar refractivity (Wildman–Crippen MR) is 94.3 cm³/mol. The molecule has 0 saturated carbocycles. The summed E-state index contributed by atoms with van der Waals surface area (Å²) in [6, 6.07) is 3.60. The van der Waals surface area contributed by atoms with Crippen molar-refractivity contribution in [3.05, 3.63) is 23.3 Å². The van der Waals surface area contributed by atoms with Gasteiger partial charge in [-0.05, 0) is 56.5 Å². The van der Waals surface area contributed by atoms with Gasteiger partial charge in [-0.15, -0.1) is 0 Å². The molecule has 25 heavy (non-hydrogen) atoms. The van der Waals surface area contributed by atoms with E-state index in [1.165, 1.54) is 14.0 Å². The van der Waals surface area contributed by atoms with Crippen molar-refractivity contribution in [2.24, 2.45) is 5.92 Å². The maximum Gasteiger partial charge on any atom is 0.224 e. The first-order chi connectivity index (χ1) is 12.0. The van der Waals surface area contributed by atoms with E-state index in [1.54, 1.807) is 19.2 Å². The summed E-state index contributed by atoms with van der Waals surface area (Å²) >= 11 is 0. The third-order valence-corrected chi connectivity index (χ3v) is 5.34. The fourth-order valence-electron chi connectivity index (χ4n) is 3.95. The van der Waals surface area contributed by atoms with Crippen LogP contribution in [0.25, 0.3) is 0 Å². The summed E-state index contributed by atoms with van der Waals surface area (Å²) in [5.41, 5.74) is 1.17. The number of piperidine rings is 3. The summed E-state index contributed by atoms with van der Waals surface area (Å²) in [7, 11) is 3.07. The van der Waals surface area contributed by atoms with Crippen molar-refractivity contribution in [2.75, 3.05) is 33.9 Å². The number of ketones is 1. The van der Waals surface area contributed by atoms with E-state index < -0.39 is 0 Å². The highest BCUT2D eigenvalue weighted by molar-refractivity contribution is 5.97. The lowest BCUT2D eigenvalue weighted by Gasteiger charge is -2.45. The number of benzene rings is 1. The number of amides is 1. The quantitative estimate of drug-likeness (QED) is 0.794. The first-order valence-corrected chi connectivity index (χ1v) is 8.79. The molecule has 1 amide bonds. The van der Waals surface area contributed by atoms with Gasteiger partial charge >= 0.3 is 0 Å². The Kier molecular flexibility index (Phi) is 5.27. The lowest BCUT2D eigenvalue weighted by Crippen LogP contribution is -2.57. The number of carbonyl (C=O) groups is 2. The highest BCUT2D eigenvalue weighted by Crippen LogP contribution is 2.31. The highest BCUT2D eigenvalue weighted by Gasteiger charge is 2.34. The predicted octanol–water partition coefficient (Wildman–Crippen LogP) is 1.66. The van der Waals surface area contributed by atoms with Crippen LogP contribution in [0.3, 0.4) is 0 Å². The maximum absolute atomic E-state index is 12.6. The number of methoxy groups -OCH3 is 2. The molecule has 1 N–H and O–H groups in total. The van der Waals surface area contributed by atoms with Crippen LogP contribution in [-0.4, -0.2) is 56.5 Å². The van der Waals surface area contributed by atoms with Crippen LogP contribution in [0.1, 0.15) is 35.7 Å². The zero-order valence-corrected chi connectivity index (χ0v) is 15.1. The molecule has 0 aromatic heterocycles. The van der Waals surface area contributed by atoms with E-state index in [2.05, 4.69) is 10.2 Å². The van der Waals surface area contributed by atoms with Gasteiger partial charge in [0.25, 0.3) is 0 Å². The van der Waals surface area contributed by atoms with Crippen molar-refractivity contribution in [2.45, 2.75) is 32.2 Å². The van der Waals surface area contributed by atoms with E-state index in [9.17, 15) is 9.59 Å². The number of Topliss-reactive ketones (excluding diaryl/α,β-unsaturated/α-hetero) is 1. The molecule has 6 heteroatoms. The van der Waals surface area contributed by atoms with E-state index >= 15 is 0 Å². The van der Waals surface area contributed by atoms with Gasteiger partial charge < -0.3 is 19.7 Å². The molecule has 1 aromatic rings. The molecule has 3 aliphatic rings. The summed E-state index contributed by atoms with van der Waals surface area (Å²) in [4.78, 5) is 27.0. The van der Waals surface area contributed by atoms with Crippen LogP contribution in [0.4, 0.5) is 0 Å². The molecule has 6 nitrogen and oxygen atoms in total. The SMILES string of the molecule is COc1cc(CC(=O)N[C@H]2CN3CCC2CC3)c(C(C)=O)cc1OC. The van der Waals surface area contributed by atoms with Gasteiger partial charge in [-0.25, -0.2) is 0 Å². The summed E-state index contributed by atoms with van der Waals surface area (Å²) in [6.45, 7) is 4.71. The molecule has 1 aromatic carbocycles. The fraction of sp³-hybridized carbons (Fsp3) is 0.579. The summed E-state index contributed by atoms with van der Waals surface area (Å²) in [5, 5.41) is 3.17. The third kappa shape index (κ3) is 3.79. The molecule has 3 saturated heterocycles. The molecule has 3 fully saturated rings. The van der Waals surface area contributed by atoms with E-state index in [4.69, 9.17) is 9.47 Å². The van der Waals surface area contributed by atoms with E-state index in [0.717, 1.165) is 32.5 Å². The minimum atomic E-state index is -0.0911. The Morgan fingerprint density at radius 1 is 1.16 bits per heavy atom. The van der Waals surface area contributed by atoms with Crippen LogP contribution in [0, 0.1) is 5.92 Å². The Morgan fingerprint density at radius 3 is 2.32 bits per heavy atom. The van der Waals surface area contributed by atoms with Crippen LogP contribution in [0.15, 0.2) is 12.1 Å². The van der Waals surface area contributed by atoms with E-state index in [0.29, 0.717) is 28.5 Å². The fourth-order valence-corrected chi connectivity index (χ4v) is 3.95. The number of rotatable bonds is 6. The first kappa shape index (κ1) is 17.7. The van der Waals surface area contributed by atoms with Gasteiger partial charge in [0, 0.05) is 18.2 Å². The number of carbonyl (C=O) groups excluding carboxylic acids is 2. The summed E-state index contributed by atoms with van der Waals surface area (Å²) in [6.07, 6.45) is 2.47. The molecular formula is C19H26N2O4. The van der Waals surface area contributed by atoms with E-state index in [1.807, 2.05) is 0 Å². The Hall–Kier alpha value is -2.08. The summed E-state index contributed by atoms with van der Waals surface area (Å²) < 4.78 is 10.6. The normalized spacial score (nSPS) is 24.7. The first-order valence-electron chi connectivity index (χ1n) is 8.79. The Balaban J connectivity index is 1.74. The zero-order valence-electron chi connectivity index (χ0n) is 15.1. The van der Waals surface area contributed by atoms with Crippen LogP contribution in [-0.2, 0) is 11.2 Å². The van der Waals surface area contributed by atoms with Gasteiger partial charge in [-0.1, -0.05) is 0 Å². The van der Waals surface area contributed by atoms with Gasteiger partial charge in [0.2, 0.25) is 5.91 Å². The monoisotopic (exact) mass is 346 g/mol. The topological polar surface area (TPSA) is 67.9 Å². The molecule has 3 aliphatic heterocycles. The average Bonchev–Trinajstić information content (AvgIpc) is 2.62. The third-order valence-electron chi connectivity index (χ3n) is 5.34. The van der Waals surface area contributed by atoms with Crippen molar-refractivity contribution in [1.29, 1.82) is 0 Å².